The van der Waals surface area contributed by atoms with E-state index in [9.17, 15) is 0 Å². The van der Waals surface area contributed by atoms with Crippen LogP contribution in [0.4, 0.5) is 0 Å². The van der Waals surface area contributed by atoms with E-state index in [1.54, 1.807) is 0 Å². The number of hydrogen-bond donors (Lipinski definition) is 0. The van der Waals surface area contributed by atoms with Crippen molar-refractivity contribution in [2.45, 2.75) is 13.8 Å². The van der Waals surface area contributed by atoms with Gasteiger partial charge in [-0.25, -0.2) is 4.98 Å². The third-order valence-electron chi connectivity index (χ3n) is 3.52. The van der Waals surface area contributed by atoms with Gasteiger partial charge in [0, 0.05) is 15.4 Å². The summed E-state index contributed by atoms with van der Waals surface area (Å²) in [4.78, 5) is 4.84. The average Bonchev–Trinajstić information content (AvgIpc) is 2.44. The minimum Gasteiger partial charge on any atom is -0.247 e. The van der Waals surface area contributed by atoms with Crippen molar-refractivity contribution in [3.8, 4) is 11.3 Å². The molecule has 19 heavy (non-hydrogen) atoms. The van der Waals surface area contributed by atoms with Crippen LogP contribution in [-0.2, 0) is 0 Å². The molecule has 94 valence electrons. The predicted octanol–water partition coefficient (Wildman–Crippen LogP) is 5.28. The monoisotopic (exact) mass is 311 g/mol. The molecule has 1 heterocycles. The zero-order valence-electron chi connectivity index (χ0n) is 10.9. The first kappa shape index (κ1) is 12.4. The van der Waals surface area contributed by atoms with Gasteiger partial charge in [-0.3, -0.25) is 0 Å². The first-order chi connectivity index (χ1) is 9.16. The van der Waals surface area contributed by atoms with Crippen LogP contribution in [0.2, 0.25) is 0 Å². The molecule has 0 unspecified atom stereocenters. The van der Waals surface area contributed by atoms with E-state index in [0.29, 0.717) is 0 Å². The lowest BCUT2D eigenvalue weighted by Gasteiger charge is -2.09. The first-order valence-electron chi connectivity index (χ1n) is 6.28. The molecular formula is C17H14BrN. The number of aryl methyl sites for hydroxylation is 2. The molecule has 0 saturated heterocycles. The van der Waals surface area contributed by atoms with Crippen molar-refractivity contribution in [3.63, 3.8) is 0 Å². The van der Waals surface area contributed by atoms with Crippen molar-refractivity contribution < 1.29 is 0 Å². The second-order valence-electron chi connectivity index (χ2n) is 4.76. The van der Waals surface area contributed by atoms with E-state index in [4.69, 9.17) is 4.98 Å². The Bertz CT molecular complexity index is 748. The normalized spacial score (nSPS) is 10.9. The largest absolute Gasteiger partial charge is 0.247 e. The van der Waals surface area contributed by atoms with Gasteiger partial charge in [-0.2, -0.15) is 0 Å². The van der Waals surface area contributed by atoms with Gasteiger partial charge in [-0.1, -0.05) is 58.4 Å². The van der Waals surface area contributed by atoms with Crippen LogP contribution in [0.1, 0.15) is 11.1 Å². The third kappa shape index (κ3) is 2.17. The Morgan fingerprint density at radius 3 is 2.42 bits per heavy atom. The average molecular weight is 312 g/mol. The summed E-state index contributed by atoms with van der Waals surface area (Å²) in [5, 5.41) is 1.17. The highest BCUT2D eigenvalue weighted by Gasteiger charge is 2.08. The van der Waals surface area contributed by atoms with Gasteiger partial charge in [0.2, 0.25) is 0 Å². The lowest BCUT2D eigenvalue weighted by molar-refractivity contribution is 1.31. The summed E-state index contributed by atoms with van der Waals surface area (Å²) in [5.74, 6) is 0. The summed E-state index contributed by atoms with van der Waals surface area (Å²) >= 11 is 3.66. The highest BCUT2D eigenvalue weighted by atomic mass is 79.9. The number of benzene rings is 2. The van der Waals surface area contributed by atoms with Crippen molar-refractivity contribution in [1.29, 1.82) is 0 Å². The van der Waals surface area contributed by atoms with Crippen molar-refractivity contribution in [2.24, 2.45) is 0 Å². The topological polar surface area (TPSA) is 12.9 Å². The van der Waals surface area contributed by atoms with E-state index < -0.39 is 0 Å². The molecule has 3 aromatic rings. The molecule has 0 aliphatic carbocycles. The number of rotatable bonds is 1. The third-order valence-corrected chi connectivity index (χ3v) is 4.18. The lowest BCUT2D eigenvalue weighted by atomic mass is 10.0. The molecule has 0 aliphatic heterocycles. The van der Waals surface area contributed by atoms with Gasteiger partial charge in [0.25, 0.3) is 0 Å². The summed E-state index contributed by atoms with van der Waals surface area (Å²) < 4.78 is 1.10. The van der Waals surface area contributed by atoms with E-state index in [1.807, 2.05) is 18.2 Å². The fourth-order valence-corrected chi connectivity index (χ4v) is 2.78. The Morgan fingerprint density at radius 2 is 1.68 bits per heavy atom. The van der Waals surface area contributed by atoms with Gasteiger partial charge in [0.05, 0.1) is 11.2 Å². The number of hydrogen-bond acceptors (Lipinski definition) is 1. The summed E-state index contributed by atoms with van der Waals surface area (Å²) in [7, 11) is 0. The maximum absolute atomic E-state index is 4.84. The number of halogens is 1. The van der Waals surface area contributed by atoms with E-state index in [1.165, 1.54) is 16.5 Å². The molecular weight excluding hydrogens is 298 g/mol. The molecule has 0 radical (unpaired) electrons. The molecule has 0 saturated carbocycles. The van der Waals surface area contributed by atoms with Gasteiger partial charge >= 0.3 is 0 Å². The maximum atomic E-state index is 4.84. The lowest BCUT2D eigenvalue weighted by Crippen LogP contribution is -1.91. The molecule has 0 amide bonds. The van der Waals surface area contributed by atoms with Crippen molar-refractivity contribution in [1.82, 2.24) is 4.98 Å². The molecule has 0 N–H and O–H groups in total. The van der Waals surface area contributed by atoms with E-state index in [-0.39, 0.29) is 0 Å². The molecule has 2 aromatic carbocycles. The first-order valence-corrected chi connectivity index (χ1v) is 7.08. The zero-order valence-corrected chi connectivity index (χ0v) is 12.5. The van der Waals surface area contributed by atoms with Crippen LogP contribution >= 0.6 is 15.9 Å². The second-order valence-corrected chi connectivity index (χ2v) is 5.61. The van der Waals surface area contributed by atoms with Crippen LogP contribution in [0.3, 0.4) is 0 Å². The van der Waals surface area contributed by atoms with Crippen molar-refractivity contribution >= 4 is 26.8 Å². The Labute approximate surface area is 121 Å². The molecule has 3 rings (SSSR count). The standard InChI is InChI=1S/C17H14BrN/c1-11-8-9-14-15(18)10-16(19-17(14)12(11)2)13-6-4-3-5-7-13/h3-10H,1-2H3. The molecule has 0 spiro atoms. The van der Waals surface area contributed by atoms with E-state index in [2.05, 4.69) is 60.1 Å². The smallest absolute Gasteiger partial charge is 0.0752 e. The van der Waals surface area contributed by atoms with Crippen LogP contribution in [0.5, 0.6) is 0 Å². The fraction of sp³-hybridized carbons (Fsp3) is 0.118. The van der Waals surface area contributed by atoms with Gasteiger partial charge in [0.1, 0.15) is 0 Å². The van der Waals surface area contributed by atoms with Gasteiger partial charge < -0.3 is 0 Å². The fourth-order valence-electron chi connectivity index (χ4n) is 2.25. The van der Waals surface area contributed by atoms with Gasteiger partial charge in [0.15, 0.2) is 0 Å². The van der Waals surface area contributed by atoms with Crippen LogP contribution in [0.15, 0.2) is 53.0 Å². The van der Waals surface area contributed by atoms with E-state index >= 15 is 0 Å². The number of nitrogens with zero attached hydrogens (tertiary/aromatic N) is 1. The second kappa shape index (κ2) is 4.78. The van der Waals surface area contributed by atoms with Crippen LogP contribution < -0.4 is 0 Å². The molecule has 1 nitrogen and oxygen atoms in total. The molecule has 0 aliphatic rings. The maximum Gasteiger partial charge on any atom is 0.0752 e. The number of pyridine rings is 1. The minimum atomic E-state index is 1.01. The molecule has 1 aromatic heterocycles. The summed E-state index contributed by atoms with van der Waals surface area (Å²) in [5.41, 5.74) is 5.75. The molecule has 2 heteroatoms. The molecule has 0 fully saturated rings. The predicted molar refractivity (Wildman–Crippen MR) is 84.4 cm³/mol. The quantitative estimate of drug-likeness (QED) is 0.595. The Morgan fingerprint density at radius 1 is 0.947 bits per heavy atom. The van der Waals surface area contributed by atoms with E-state index in [0.717, 1.165) is 21.2 Å². The number of fused-ring (bicyclic) bond motifs is 1. The molecule has 0 atom stereocenters. The van der Waals surface area contributed by atoms with Crippen LogP contribution in [0.25, 0.3) is 22.2 Å². The SMILES string of the molecule is Cc1ccc2c(Br)cc(-c3ccccc3)nc2c1C. The van der Waals surface area contributed by atoms with Gasteiger partial charge in [-0.15, -0.1) is 0 Å². The highest BCUT2D eigenvalue weighted by Crippen LogP contribution is 2.30. The zero-order chi connectivity index (χ0) is 13.4. The highest BCUT2D eigenvalue weighted by molar-refractivity contribution is 9.10. The Balaban J connectivity index is 2.32. The minimum absolute atomic E-state index is 1.01. The Kier molecular flexibility index (Phi) is 3.11. The summed E-state index contributed by atoms with van der Waals surface area (Å²) in [6.45, 7) is 4.26. The van der Waals surface area contributed by atoms with Gasteiger partial charge in [-0.05, 0) is 31.0 Å². The van der Waals surface area contributed by atoms with Crippen molar-refractivity contribution in [3.05, 3.63) is 64.1 Å². The number of aromatic nitrogens is 1. The Hall–Kier alpha value is -1.67. The van der Waals surface area contributed by atoms with Crippen molar-refractivity contribution in [2.75, 3.05) is 0 Å². The van der Waals surface area contributed by atoms with Crippen LogP contribution in [0, 0.1) is 13.8 Å². The summed E-state index contributed by atoms with van der Waals surface area (Å²) in [6, 6.07) is 16.6. The molecule has 0 bridgehead atoms. The summed E-state index contributed by atoms with van der Waals surface area (Å²) in [6.07, 6.45) is 0. The van der Waals surface area contributed by atoms with Crippen LogP contribution in [-0.4, -0.2) is 4.98 Å².